The third-order valence-corrected chi connectivity index (χ3v) is 4.74. The Bertz CT molecular complexity index is 481. The molecule has 0 radical (unpaired) electrons. The monoisotopic (exact) mass is 334 g/mol. The maximum atomic E-state index is 13.0. The van der Waals surface area contributed by atoms with Crippen LogP contribution in [0.3, 0.4) is 0 Å². The second-order valence-corrected chi connectivity index (χ2v) is 6.38. The highest BCUT2D eigenvalue weighted by Crippen LogP contribution is 2.32. The van der Waals surface area contributed by atoms with Gasteiger partial charge in [0.25, 0.3) is 0 Å². The lowest BCUT2D eigenvalue weighted by Gasteiger charge is -2.28. The molecule has 1 aromatic rings. The van der Waals surface area contributed by atoms with Gasteiger partial charge in [-0.1, -0.05) is 36.8 Å². The highest BCUT2D eigenvalue weighted by Gasteiger charge is 2.34. The van der Waals surface area contributed by atoms with Crippen molar-refractivity contribution in [1.29, 1.82) is 0 Å². The van der Waals surface area contributed by atoms with Crippen molar-refractivity contribution >= 4 is 5.91 Å². The molecule has 1 aliphatic rings. The average molecular weight is 334 g/mol. The van der Waals surface area contributed by atoms with Crippen molar-refractivity contribution in [2.24, 2.45) is 17.6 Å². The minimum absolute atomic E-state index is 0.0673. The fourth-order valence-corrected chi connectivity index (χ4v) is 3.37. The van der Waals surface area contributed by atoms with Crippen LogP contribution in [-0.4, -0.2) is 50.8 Å². The van der Waals surface area contributed by atoms with Crippen LogP contribution < -0.4 is 5.73 Å². The minimum Gasteiger partial charge on any atom is -0.382 e. The van der Waals surface area contributed by atoms with E-state index in [1.807, 2.05) is 23.1 Å². The van der Waals surface area contributed by atoms with Crippen molar-refractivity contribution < 1.29 is 14.3 Å². The number of hydrogen-bond donors (Lipinski definition) is 1. The average Bonchev–Trinajstić information content (AvgIpc) is 3.09. The summed E-state index contributed by atoms with van der Waals surface area (Å²) in [6, 6.07) is 10.1. The van der Waals surface area contributed by atoms with E-state index in [0.29, 0.717) is 45.4 Å². The standard InChI is InChI=1S/C19H30N2O3/c1-23-12-13-24-11-10-21(15-16-6-3-2-4-7-16)19(22)18-9-5-8-17(18)14-20/h2-4,6-7,17-18H,5,8-15,20H2,1H3/t17-,18-/m1/s1. The van der Waals surface area contributed by atoms with Gasteiger partial charge in [0.1, 0.15) is 0 Å². The molecule has 134 valence electrons. The van der Waals surface area contributed by atoms with E-state index in [2.05, 4.69) is 12.1 Å². The molecule has 1 amide bonds. The quantitative estimate of drug-likeness (QED) is 0.665. The van der Waals surface area contributed by atoms with Gasteiger partial charge >= 0.3 is 0 Å². The first-order chi connectivity index (χ1) is 11.8. The summed E-state index contributed by atoms with van der Waals surface area (Å²) < 4.78 is 10.5. The largest absolute Gasteiger partial charge is 0.382 e. The molecule has 0 aromatic heterocycles. The lowest BCUT2D eigenvalue weighted by atomic mass is 9.94. The third-order valence-electron chi connectivity index (χ3n) is 4.74. The van der Waals surface area contributed by atoms with Gasteiger partial charge in [-0.05, 0) is 30.9 Å². The number of rotatable bonds is 10. The van der Waals surface area contributed by atoms with Gasteiger partial charge in [-0.2, -0.15) is 0 Å². The van der Waals surface area contributed by atoms with Crippen LogP contribution in [0.2, 0.25) is 0 Å². The van der Waals surface area contributed by atoms with E-state index in [1.54, 1.807) is 7.11 Å². The number of methoxy groups -OCH3 is 1. The summed E-state index contributed by atoms with van der Waals surface area (Å²) in [6.07, 6.45) is 3.12. The number of nitrogens with two attached hydrogens (primary N) is 1. The van der Waals surface area contributed by atoms with E-state index in [9.17, 15) is 4.79 Å². The summed E-state index contributed by atoms with van der Waals surface area (Å²) in [7, 11) is 1.65. The molecule has 0 heterocycles. The lowest BCUT2D eigenvalue weighted by molar-refractivity contribution is -0.138. The van der Waals surface area contributed by atoms with Crippen molar-refractivity contribution in [2.45, 2.75) is 25.8 Å². The molecular weight excluding hydrogens is 304 g/mol. The number of hydrogen-bond acceptors (Lipinski definition) is 4. The van der Waals surface area contributed by atoms with E-state index in [0.717, 1.165) is 24.8 Å². The van der Waals surface area contributed by atoms with Crippen LogP contribution in [0.25, 0.3) is 0 Å². The molecule has 0 saturated heterocycles. The molecule has 2 atom stereocenters. The lowest BCUT2D eigenvalue weighted by Crippen LogP contribution is -2.40. The van der Waals surface area contributed by atoms with Crippen molar-refractivity contribution in [2.75, 3.05) is 40.0 Å². The van der Waals surface area contributed by atoms with Crippen molar-refractivity contribution in [3.8, 4) is 0 Å². The molecule has 0 unspecified atom stereocenters. The Kier molecular flexibility index (Phi) is 8.22. The molecule has 1 aliphatic carbocycles. The summed E-state index contributed by atoms with van der Waals surface area (Å²) in [5.41, 5.74) is 7.00. The van der Waals surface area contributed by atoms with Crippen molar-refractivity contribution in [1.82, 2.24) is 4.90 Å². The van der Waals surface area contributed by atoms with E-state index < -0.39 is 0 Å². The molecule has 5 heteroatoms. The van der Waals surface area contributed by atoms with Gasteiger partial charge in [0, 0.05) is 26.1 Å². The normalized spacial score (nSPS) is 20.2. The van der Waals surface area contributed by atoms with Crippen LogP contribution in [0.4, 0.5) is 0 Å². The zero-order valence-electron chi connectivity index (χ0n) is 14.7. The van der Waals surface area contributed by atoms with Crippen LogP contribution in [0.5, 0.6) is 0 Å². The van der Waals surface area contributed by atoms with Gasteiger partial charge in [0.15, 0.2) is 0 Å². The first kappa shape index (κ1) is 18.9. The molecule has 2 N–H and O–H groups in total. The Morgan fingerprint density at radius 1 is 1.21 bits per heavy atom. The van der Waals surface area contributed by atoms with Crippen molar-refractivity contribution in [3.63, 3.8) is 0 Å². The predicted molar refractivity (Wildman–Crippen MR) is 94.4 cm³/mol. The van der Waals surface area contributed by atoms with Gasteiger partial charge in [0.2, 0.25) is 5.91 Å². The Morgan fingerprint density at radius 2 is 2.00 bits per heavy atom. The molecule has 0 aliphatic heterocycles. The van der Waals surface area contributed by atoms with E-state index >= 15 is 0 Å². The number of carbonyl (C=O) groups is 1. The molecule has 0 spiro atoms. The van der Waals surface area contributed by atoms with E-state index in [1.165, 1.54) is 0 Å². The second kappa shape index (κ2) is 10.4. The molecule has 1 aromatic carbocycles. The van der Waals surface area contributed by atoms with Gasteiger partial charge < -0.3 is 20.1 Å². The SMILES string of the molecule is COCCOCCN(Cc1ccccc1)C(=O)[C@@H]1CCC[C@@H]1CN. The number of nitrogens with zero attached hydrogens (tertiary/aromatic N) is 1. The molecular formula is C19H30N2O3. The summed E-state index contributed by atoms with van der Waals surface area (Å²) in [4.78, 5) is 15.0. The first-order valence-corrected chi connectivity index (χ1v) is 8.85. The highest BCUT2D eigenvalue weighted by atomic mass is 16.5. The molecule has 1 saturated carbocycles. The zero-order valence-corrected chi connectivity index (χ0v) is 14.7. The maximum Gasteiger partial charge on any atom is 0.226 e. The van der Waals surface area contributed by atoms with Gasteiger partial charge in [0.05, 0.1) is 19.8 Å². The van der Waals surface area contributed by atoms with Gasteiger partial charge in [-0.15, -0.1) is 0 Å². The second-order valence-electron chi connectivity index (χ2n) is 6.38. The summed E-state index contributed by atoms with van der Waals surface area (Å²) in [5, 5.41) is 0. The summed E-state index contributed by atoms with van der Waals surface area (Å²) in [6.45, 7) is 3.48. The van der Waals surface area contributed by atoms with Crippen molar-refractivity contribution in [3.05, 3.63) is 35.9 Å². The maximum absolute atomic E-state index is 13.0. The Hall–Kier alpha value is -1.43. The minimum atomic E-state index is 0.0673. The van der Waals surface area contributed by atoms with E-state index in [4.69, 9.17) is 15.2 Å². The summed E-state index contributed by atoms with van der Waals surface area (Å²) >= 11 is 0. The Morgan fingerprint density at radius 3 is 2.71 bits per heavy atom. The van der Waals surface area contributed by atoms with Crippen LogP contribution in [-0.2, 0) is 20.8 Å². The fraction of sp³-hybridized carbons (Fsp3) is 0.632. The molecule has 2 rings (SSSR count). The van der Waals surface area contributed by atoms with Gasteiger partial charge in [-0.3, -0.25) is 4.79 Å². The van der Waals surface area contributed by atoms with Crippen LogP contribution in [0.15, 0.2) is 30.3 Å². The topological polar surface area (TPSA) is 64.8 Å². The molecule has 0 bridgehead atoms. The smallest absolute Gasteiger partial charge is 0.226 e. The van der Waals surface area contributed by atoms with Crippen LogP contribution >= 0.6 is 0 Å². The highest BCUT2D eigenvalue weighted by molar-refractivity contribution is 5.79. The Balaban J connectivity index is 1.96. The molecule has 5 nitrogen and oxygen atoms in total. The molecule has 24 heavy (non-hydrogen) atoms. The van der Waals surface area contributed by atoms with Crippen LogP contribution in [0.1, 0.15) is 24.8 Å². The zero-order chi connectivity index (χ0) is 17.2. The fourth-order valence-electron chi connectivity index (χ4n) is 3.37. The number of carbonyl (C=O) groups excluding carboxylic acids is 1. The first-order valence-electron chi connectivity index (χ1n) is 8.85. The van der Waals surface area contributed by atoms with E-state index in [-0.39, 0.29) is 11.8 Å². The summed E-state index contributed by atoms with van der Waals surface area (Å²) in [5.74, 6) is 0.616. The number of benzene rings is 1. The Labute approximate surface area is 145 Å². The third kappa shape index (κ3) is 5.58. The number of amides is 1. The van der Waals surface area contributed by atoms with Crippen LogP contribution in [0, 0.1) is 11.8 Å². The molecule has 1 fully saturated rings. The van der Waals surface area contributed by atoms with Gasteiger partial charge in [-0.25, -0.2) is 0 Å². The predicted octanol–water partition coefficient (Wildman–Crippen LogP) is 2.05. The number of ether oxygens (including phenoxy) is 2.